The Morgan fingerprint density at radius 1 is 1.23 bits per heavy atom. The fraction of sp³-hybridized carbons (Fsp3) is 0.350. The molecule has 0 saturated heterocycles. The van der Waals surface area contributed by atoms with Crippen molar-refractivity contribution in [3.8, 4) is 0 Å². The Bertz CT molecular complexity index is 849. The summed E-state index contributed by atoms with van der Waals surface area (Å²) in [5.74, 6) is -0.0412. The zero-order valence-corrected chi connectivity index (χ0v) is 15.5. The third kappa shape index (κ3) is 4.39. The lowest BCUT2D eigenvalue weighted by atomic mass is 10.1. The highest BCUT2D eigenvalue weighted by molar-refractivity contribution is 5.94. The summed E-state index contributed by atoms with van der Waals surface area (Å²) in [7, 11) is 0. The van der Waals surface area contributed by atoms with Crippen molar-refractivity contribution in [2.45, 2.75) is 39.8 Å². The summed E-state index contributed by atoms with van der Waals surface area (Å²) < 4.78 is 4.02. The minimum Gasteiger partial charge on any atom is -0.352 e. The van der Waals surface area contributed by atoms with Gasteiger partial charge in [0, 0.05) is 36.2 Å². The molecule has 1 atom stereocenters. The van der Waals surface area contributed by atoms with E-state index in [2.05, 4.69) is 28.4 Å². The maximum atomic E-state index is 12.3. The maximum Gasteiger partial charge on any atom is 0.251 e. The van der Waals surface area contributed by atoms with Crippen LogP contribution >= 0.6 is 0 Å². The lowest BCUT2D eigenvalue weighted by molar-refractivity contribution is 0.0952. The lowest BCUT2D eigenvalue weighted by Gasteiger charge is -2.13. The molecule has 3 rings (SSSR count). The molecule has 2 aromatic heterocycles. The first-order chi connectivity index (χ1) is 12.5. The van der Waals surface area contributed by atoms with Crippen molar-refractivity contribution in [3.63, 3.8) is 0 Å². The molecule has 26 heavy (non-hydrogen) atoms. The number of aromatic nitrogens is 4. The number of hydrogen-bond donors (Lipinski definition) is 1. The summed E-state index contributed by atoms with van der Waals surface area (Å²) in [4.78, 5) is 16.3. The fourth-order valence-electron chi connectivity index (χ4n) is 2.95. The standard InChI is InChI=1S/C20H25N5O/c1-15-12-17(3)25(23-15)13-18-4-6-19(7-5-18)20(26)22-9-8-16(2)24-11-10-21-14-24/h4-7,10-12,14,16H,8-9,13H2,1-3H3,(H,22,26)/t16-/m1/s1. The number of amides is 1. The van der Waals surface area contributed by atoms with Crippen LogP contribution in [0.3, 0.4) is 0 Å². The topological polar surface area (TPSA) is 64.7 Å². The molecule has 2 heterocycles. The second-order valence-corrected chi connectivity index (χ2v) is 6.69. The average Bonchev–Trinajstić information content (AvgIpc) is 3.25. The number of nitrogens with one attached hydrogen (secondary N) is 1. The highest BCUT2D eigenvalue weighted by Crippen LogP contribution is 2.11. The number of hydrogen-bond acceptors (Lipinski definition) is 3. The lowest BCUT2D eigenvalue weighted by Crippen LogP contribution is -2.26. The van der Waals surface area contributed by atoms with E-state index >= 15 is 0 Å². The van der Waals surface area contributed by atoms with Gasteiger partial charge in [-0.3, -0.25) is 9.48 Å². The van der Waals surface area contributed by atoms with Gasteiger partial charge in [0.1, 0.15) is 0 Å². The van der Waals surface area contributed by atoms with Crippen LogP contribution in [0.5, 0.6) is 0 Å². The molecule has 1 aromatic carbocycles. The van der Waals surface area contributed by atoms with Crippen molar-refractivity contribution < 1.29 is 4.79 Å². The van der Waals surface area contributed by atoms with E-state index in [-0.39, 0.29) is 5.91 Å². The van der Waals surface area contributed by atoms with Crippen molar-refractivity contribution in [3.05, 3.63) is 71.6 Å². The van der Waals surface area contributed by atoms with E-state index in [1.807, 2.05) is 53.6 Å². The molecule has 6 heteroatoms. The number of carbonyl (C=O) groups excluding carboxylic acids is 1. The van der Waals surface area contributed by atoms with E-state index in [9.17, 15) is 4.79 Å². The third-order valence-corrected chi connectivity index (χ3v) is 4.53. The molecule has 0 aliphatic rings. The van der Waals surface area contributed by atoms with Crippen molar-refractivity contribution >= 4 is 5.91 Å². The summed E-state index contributed by atoms with van der Waals surface area (Å²) in [5, 5.41) is 7.46. The SMILES string of the molecule is Cc1cc(C)n(Cc2ccc(C(=O)NCC[C@@H](C)n3ccnc3)cc2)n1. The predicted molar refractivity (Wildman–Crippen MR) is 101 cm³/mol. The zero-order valence-electron chi connectivity index (χ0n) is 15.5. The quantitative estimate of drug-likeness (QED) is 0.711. The Hall–Kier alpha value is -2.89. The minimum atomic E-state index is -0.0412. The van der Waals surface area contributed by atoms with Crippen LogP contribution in [-0.4, -0.2) is 31.8 Å². The molecule has 0 saturated carbocycles. The van der Waals surface area contributed by atoms with Crippen LogP contribution in [0.25, 0.3) is 0 Å². The van der Waals surface area contributed by atoms with Gasteiger partial charge in [0.2, 0.25) is 0 Å². The first-order valence-electron chi connectivity index (χ1n) is 8.88. The van der Waals surface area contributed by atoms with E-state index in [0.29, 0.717) is 24.7 Å². The number of imidazole rings is 1. The number of aryl methyl sites for hydroxylation is 2. The molecule has 0 radical (unpaired) electrons. The number of benzene rings is 1. The second kappa shape index (κ2) is 7.99. The fourth-order valence-corrected chi connectivity index (χ4v) is 2.95. The monoisotopic (exact) mass is 351 g/mol. The first kappa shape index (κ1) is 17.9. The van der Waals surface area contributed by atoms with Crippen molar-refractivity contribution in [1.29, 1.82) is 0 Å². The van der Waals surface area contributed by atoms with Gasteiger partial charge in [-0.25, -0.2) is 4.98 Å². The Labute approximate surface area is 153 Å². The molecular weight excluding hydrogens is 326 g/mol. The van der Waals surface area contributed by atoms with Crippen LogP contribution in [0.2, 0.25) is 0 Å². The largest absolute Gasteiger partial charge is 0.352 e. The van der Waals surface area contributed by atoms with E-state index < -0.39 is 0 Å². The average molecular weight is 351 g/mol. The van der Waals surface area contributed by atoms with E-state index in [0.717, 1.165) is 23.4 Å². The van der Waals surface area contributed by atoms with Gasteiger partial charge in [-0.05, 0) is 51.0 Å². The van der Waals surface area contributed by atoms with Gasteiger partial charge in [0.15, 0.2) is 0 Å². The van der Waals surface area contributed by atoms with Crippen LogP contribution in [-0.2, 0) is 6.54 Å². The molecule has 6 nitrogen and oxygen atoms in total. The Morgan fingerprint density at radius 3 is 2.62 bits per heavy atom. The molecule has 0 unspecified atom stereocenters. The molecular formula is C20H25N5O. The molecule has 0 spiro atoms. The highest BCUT2D eigenvalue weighted by Gasteiger charge is 2.08. The van der Waals surface area contributed by atoms with Gasteiger partial charge in [0.05, 0.1) is 18.6 Å². The van der Waals surface area contributed by atoms with Crippen LogP contribution in [0.1, 0.15) is 46.7 Å². The van der Waals surface area contributed by atoms with Crippen molar-refractivity contribution in [1.82, 2.24) is 24.6 Å². The summed E-state index contributed by atoms with van der Waals surface area (Å²) >= 11 is 0. The van der Waals surface area contributed by atoms with Crippen LogP contribution in [0.15, 0.2) is 49.1 Å². The Balaban J connectivity index is 1.51. The van der Waals surface area contributed by atoms with Crippen molar-refractivity contribution in [2.75, 3.05) is 6.54 Å². The van der Waals surface area contributed by atoms with Crippen LogP contribution in [0.4, 0.5) is 0 Å². The molecule has 3 aromatic rings. The Kier molecular flexibility index (Phi) is 5.51. The highest BCUT2D eigenvalue weighted by atomic mass is 16.1. The molecule has 136 valence electrons. The van der Waals surface area contributed by atoms with E-state index in [4.69, 9.17) is 0 Å². The normalized spacial score (nSPS) is 12.1. The first-order valence-corrected chi connectivity index (χ1v) is 8.88. The summed E-state index contributed by atoms with van der Waals surface area (Å²) in [6.45, 7) is 7.49. The van der Waals surface area contributed by atoms with Gasteiger partial charge < -0.3 is 9.88 Å². The zero-order chi connectivity index (χ0) is 18.5. The summed E-state index contributed by atoms with van der Waals surface area (Å²) in [6, 6.07) is 10.1. The minimum absolute atomic E-state index is 0.0412. The maximum absolute atomic E-state index is 12.3. The molecule has 0 aliphatic heterocycles. The summed E-state index contributed by atoms with van der Waals surface area (Å²) in [5.41, 5.74) is 3.96. The van der Waals surface area contributed by atoms with Crippen molar-refractivity contribution in [2.24, 2.45) is 0 Å². The number of nitrogens with zero attached hydrogens (tertiary/aromatic N) is 4. The Morgan fingerprint density at radius 2 is 2.00 bits per heavy atom. The molecule has 1 amide bonds. The van der Waals surface area contributed by atoms with Gasteiger partial charge in [-0.2, -0.15) is 5.10 Å². The smallest absolute Gasteiger partial charge is 0.251 e. The van der Waals surface area contributed by atoms with Gasteiger partial charge >= 0.3 is 0 Å². The number of carbonyl (C=O) groups is 1. The second-order valence-electron chi connectivity index (χ2n) is 6.69. The molecule has 0 bridgehead atoms. The van der Waals surface area contributed by atoms with Crippen LogP contribution < -0.4 is 5.32 Å². The van der Waals surface area contributed by atoms with Crippen LogP contribution in [0, 0.1) is 13.8 Å². The number of rotatable bonds is 7. The third-order valence-electron chi connectivity index (χ3n) is 4.53. The summed E-state index contributed by atoms with van der Waals surface area (Å²) in [6.07, 6.45) is 6.36. The van der Waals surface area contributed by atoms with E-state index in [1.165, 1.54) is 0 Å². The van der Waals surface area contributed by atoms with Gasteiger partial charge in [-0.1, -0.05) is 12.1 Å². The molecule has 0 aliphatic carbocycles. The van der Waals surface area contributed by atoms with Gasteiger partial charge in [0.25, 0.3) is 5.91 Å². The predicted octanol–water partition coefficient (Wildman–Crippen LogP) is 3.13. The molecule has 0 fully saturated rings. The van der Waals surface area contributed by atoms with Gasteiger partial charge in [-0.15, -0.1) is 0 Å². The molecule has 1 N–H and O–H groups in total. The van der Waals surface area contributed by atoms with E-state index in [1.54, 1.807) is 12.5 Å².